The number of halogens is 1. The van der Waals surface area contributed by atoms with E-state index in [-0.39, 0.29) is 28.0 Å². The van der Waals surface area contributed by atoms with Crippen molar-refractivity contribution >= 4 is 54.9 Å². The second-order valence-electron chi connectivity index (χ2n) is 5.87. The van der Waals surface area contributed by atoms with Gasteiger partial charge < -0.3 is 9.64 Å². The largest absolute Gasteiger partial charge is 0.452 e. The predicted molar refractivity (Wildman–Crippen MR) is 105 cm³/mol. The number of nitrogens with zero attached hydrogens (tertiary/aromatic N) is 1. The van der Waals surface area contributed by atoms with Gasteiger partial charge in [-0.05, 0) is 53.0 Å². The van der Waals surface area contributed by atoms with Gasteiger partial charge in [-0.2, -0.15) is 0 Å². The minimum absolute atomic E-state index is 0.0471. The van der Waals surface area contributed by atoms with Crippen molar-refractivity contribution in [3.8, 4) is 0 Å². The quantitative estimate of drug-likeness (QED) is 0.651. The zero-order valence-corrected chi connectivity index (χ0v) is 17.4. The van der Waals surface area contributed by atoms with Gasteiger partial charge in [-0.3, -0.25) is 9.52 Å². The number of ether oxygens (including phenoxy) is 1. The third kappa shape index (κ3) is 4.88. The lowest BCUT2D eigenvalue weighted by Crippen LogP contribution is -2.32. The first-order chi connectivity index (χ1) is 12.9. The molecule has 7 nitrogen and oxygen atoms in total. The number of benzene rings is 1. The van der Waals surface area contributed by atoms with Crippen LogP contribution in [0.3, 0.4) is 0 Å². The van der Waals surface area contributed by atoms with Gasteiger partial charge in [0, 0.05) is 13.1 Å². The molecular weight excluding hydrogens is 456 g/mol. The number of carbonyl (C=O) groups is 2. The number of rotatable bonds is 6. The number of para-hydroxylation sites is 1. The van der Waals surface area contributed by atoms with Gasteiger partial charge in [0.2, 0.25) is 0 Å². The number of anilines is 1. The molecule has 27 heavy (non-hydrogen) atoms. The number of sulfonamides is 1. The lowest BCUT2D eigenvalue weighted by Gasteiger charge is -2.15. The number of hydrogen-bond acceptors (Lipinski definition) is 6. The standard InChI is InChI=1S/C17H17BrN2O5S2/c18-14-7-8-16(26-14)27(23,24)19-13-6-2-1-5-12(13)17(22)25-11-15(21)20-9-3-4-10-20/h1-2,5-8,19H,3-4,9-11H2. The molecule has 1 amide bonds. The Morgan fingerprint density at radius 2 is 1.85 bits per heavy atom. The van der Waals surface area contributed by atoms with Crippen LogP contribution in [0, 0.1) is 0 Å². The van der Waals surface area contributed by atoms with E-state index in [2.05, 4.69) is 20.7 Å². The van der Waals surface area contributed by atoms with E-state index < -0.39 is 16.0 Å². The van der Waals surface area contributed by atoms with Gasteiger partial charge in [0.25, 0.3) is 15.9 Å². The molecule has 3 rings (SSSR count). The fourth-order valence-electron chi connectivity index (χ4n) is 2.65. The van der Waals surface area contributed by atoms with E-state index in [9.17, 15) is 18.0 Å². The first kappa shape index (κ1) is 19.8. The van der Waals surface area contributed by atoms with E-state index >= 15 is 0 Å². The van der Waals surface area contributed by atoms with E-state index in [0.29, 0.717) is 16.9 Å². The van der Waals surface area contributed by atoms with Gasteiger partial charge in [0.1, 0.15) is 4.21 Å². The Labute approximate surface area is 169 Å². The van der Waals surface area contributed by atoms with Crippen molar-refractivity contribution in [1.29, 1.82) is 0 Å². The molecule has 0 radical (unpaired) electrons. The first-order valence-electron chi connectivity index (χ1n) is 8.19. The Bertz CT molecular complexity index is 952. The summed E-state index contributed by atoms with van der Waals surface area (Å²) in [7, 11) is -3.84. The molecule has 0 unspecified atom stereocenters. The van der Waals surface area contributed by atoms with Crippen molar-refractivity contribution in [2.45, 2.75) is 17.1 Å². The monoisotopic (exact) mass is 472 g/mol. The Balaban J connectivity index is 1.71. The summed E-state index contributed by atoms with van der Waals surface area (Å²) in [5, 5.41) is 0. The Hall–Kier alpha value is -1.91. The molecule has 0 saturated carbocycles. The lowest BCUT2D eigenvalue weighted by molar-refractivity contribution is -0.133. The molecule has 1 aromatic carbocycles. The highest BCUT2D eigenvalue weighted by atomic mass is 79.9. The van der Waals surface area contributed by atoms with Gasteiger partial charge in [-0.15, -0.1) is 11.3 Å². The molecule has 2 aromatic rings. The molecule has 1 aliphatic rings. The van der Waals surface area contributed by atoms with Gasteiger partial charge in [0.05, 0.1) is 15.0 Å². The van der Waals surface area contributed by atoms with Gasteiger partial charge >= 0.3 is 5.97 Å². The van der Waals surface area contributed by atoms with E-state index in [1.807, 2.05) is 0 Å². The summed E-state index contributed by atoms with van der Waals surface area (Å²) < 4.78 is 33.3. The third-order valence-electron chi connectivity index (χ3n) is 3.99. The molecule has 1 fully saturated rings. The molecule has 0 bridgehead atoms. The fraction of sp³-hybridized carbons (Fsp3) is 0.294. The normalized spacial score (nSPS) is 14.2. The molecule has 0 aliphatic carbocycles. The number of amides is 1. The zero-order chi connectivity index (χ0) is 19.4. The van der Waals surface area contributed by atoms with Crippen molar-refractivity contribution in [3.05, 3.63) is 45.7 Å². The molecular formula is C17H17BrN2O5S2. The van der Waals surface area contributed by atoms with E-state index in [1.54, 1.807) is 23.1 Å². The molecule has 0 spiro atoms. The summed E-state index contributed by atoms with van der Waals surface area (Å²) in [6, 6.07) is 9.22. The van der Waals surface area contributed by atoms with Crippen LogP contribution in [0.1, 0.15) is 23.2 Å². The van der Waals surface area contributed by atoms with Crippen molar-refractivity contribution in [1.82, 2.24) is 4.90 Å². The van der Waals surface area contributed by atoms with Gasteiger partial charge in [0.15, 0.2) is 6.61 Å². The molecule has 144 valence electrons. The summed E-state index contributed by atoms with van der Waals surface area (Å²) in [6.45, 7) is 0.976. The lowest BCUT2D eigenvalue weighted by atomic mass is 10.2. The number of nitrogens with one attached hydrogen (secondary N) is 1. The van der Waals surface area contributed by atoms with Crippen LogP contribution in [-0.2, 0) is 19.6 Å². The van der Waals surface area contributed by atoms with Gasteiger partial charge in [-0.1, -0.05) is 12.1 Å². The minimum Gasteiger partial charge on any atom is -0.452 e. The third-order valence-corrected chi connectivity index (χ3v) is 7.47. The topological polar surface area (TPSA) is 92.8 Å². The number of hydrogen-bond donors (Lipinski definition) is 1. The molecule has 2 heterocycles. The van der Waals surface area contributed by atoms with Crippen molar-refractivity contribution in [3.63, 3.8) is 0 Å². The molecule has 1 N–H and O–H groups in total. The van der Waals surface area contributed by atoms with E-state index in [0.717, 1.165) is 24.2 Å². The zero-order valence-electron chi connectivity index (χ0n) is 14.2. The number of esters is 1. The first-order valence-corrected chi connectivity index (χ1v) is 11.3. The van der Waals surface area contributed by atoms with Crippen LogP contribution in [0.5, 0.6) is 0 Å². The maximum Gasteiger partial charge on any atom is 0.340 e. The average molecular weight is 473 g/mol. The summed E-state index contributed by atoms with van der Waals surface area (Å²) in [6.07, 6.45) is 1.90. The molecule has 0 atom stereocenters. The van der Waals surface area contributed by atoms with Crippen molar-refractivity contribution < 1.29 is 22.7 Å². The number of likely N-dealkylation sites (tertiary alicyclic amines) is 1. The second kappa shape index (κ2) is 8.41. The number of carbonyl (C=O) groups excluding carboxylic acids is 2. The number of thiophene rings is 1. The SMILES string of the molecule is O=C(OCC(=O)N1CCCC1)c1ccccc1NS(=O)(=O)c1ccc(Br)s1. The van der Waals surface area contributed by atoms with Crippen LogP contribution in [0.15, 0.2) is 44.4 Å². The van der Waals surface area contributed by atoms with E-state index in [4.69, 9.17) is 4.74 Å². The van der Waals surface area contributed by atoms with Crippen LogP contribution in [0.2, 0.25) is 0 Å². The van der Waals surface area contributed by atoms with Crippen LogP contribution in [0.4, 0.5) is 5.69 Å². The van der Waals surface area contributed by atoms with Crippen molar-refractivity contribution in [2.24, 2.45) is 0 Å². The van der Waals surface area contributed by atoms with Crippen LogP contribution in [-0.4, -0.2) is 44.9 Å². The Kier molecular flexibility index (Phi) is 6.18. The smallest absolute Gasteiger partial charge is 0.340 e. The molecule has 1 saturated heterocycles. The molecule has 1 aliphatic heterocycles. The minimum atomic E-state index is -3.84. The highest BCUT2D eigenvalue weighted by molar-refractivity contribution is 9.11. The summed E-state index contributed by atoms with van der Waals surface area (Å²) >= 11 is 4.28. The summed E-state index contributed by atoms with van der Waals surface area (Å²) in [5.41, 5.74) is 0.145. The van der Waals surface area contributed by atoms with E-state index in [1.165, 1.54) is 18.2 Å². The molecule has 10 heteroatoms. The molecule has 1 aromatic heterocycles. The maximum absolute atomic E-state index is 12.5. The second-order valence-corrected chi connectivity index (χ2v) is 10.2. The average Bonchev–Trinajstić information content (AvgIpc) is 3.31. The highest BCUT2D eigenvalue weighted by Crippen LogP contribution is 2.28. The fourth-order valence-corrected chi connectivity index (χ4v) is 5.74. The van der Waals surface area contributed by atoms with Crippen LogP contribution in [0.25, 0.3) is 0 Å². The summed E-state index contributed by atoms with van der Waals surface area (Å²) in [5.74, 6) is -1.00. The Morgan fingerprint density at radius 1 is 1.15 bits per heavy atom. The van der Waals surface area contributed by atoms with Gasteiger partial charge in [-0.25, -0.2) is 13.2 Å². The van der Waals surface area contributed by atoms with Crippen molar-refractivity contribution in [2.75, 3.05) is 24.4 Å². The van der Waals surface area contributed by atoms with Crippen LogP contribution >= 0.6 is 27.3 Å². The Morgan fingerprint density at radius 3 is 2.52 bits per heavy atom. The summed E-state index contributed by atoms with van der Waals surface area (Å²) in [4.78, 5) is 26.0. The van der Waals surface area contributed by atoms with Crippen LogP contribution < -0.4 is 4.72 Å². The highest BCUT2D eigenvalue weighted by Gasteiger charge is 2.23. The maximum atomic E-state index is 12.5. The predicted octanol–water partition coefficient (Wildman–Crippen LogP) is 3.09.